The van der Waals surface area contributed by atoms with Gasteiger partial charge in [-0.3, -0.25) is 4.79 Å². The molecule has 0 bridgehead atoms. The van der Waals surface area contributed by atoms with Crippen molar-refractivity contribution in [3.8, 4) is 0 Å². The van der Waals surface area contributed by atoms with Crippen molar-refractivity contribution in [2.45, 2.75) is 27.7 Å². The van der Waals surface area contributed by atoms with E-state index in [0.717, 1.165) is 22.5 Å². The Balaban J connectivity index is 3.10. The van der Waals surface area contributed by atoms with Gasteiger partial charge in [-0.05, 0) is 54.8 Å². The molecule has 16 heavy (non-hydrogen) atoms. The van der Waals surface area contributed by atoms with Crippen molar-refractivity contribution >= 4 is 27.0 Å². The number of H-pyrrole nitrogens is 1. The first kappa shape index (κ1) is 11.3. The fourth-order valence-corrected chi connectivity index (χ4v) is 2.12. The Kier molecular flexibility index (Phi) is 2.62. The van der Waals surface area contributed by atoms with Crippen LogP contribution in [-0.4, -0.2) is 9.97 Å². The van der Waals surface area contributed by atoms with Gasteiger partial charge < -0.3 is 4.98 Å². The highest BCUT2D eigenvalue weighted by atomic mass is 79.9. The maximum atomic E-state index is 12.1. The molecule has 0 aliphatic heterocycles. The smallest absolute Gasteiger partial charge is 0.205 e. The van der Waals surface area contributed by atoms with Crippen molar-refractivity contribution < 1.29 is 0 Å². The second kappa shape index (κ2) is 3.70. The van der Waals surface area contributed by atoms with E-state index in [1.54, 1.807) is 0 Å². The molecule has 0 aliphatic rings. The van der Waals surface area contributed by atoms with Gasteiger partial charge in [0.1, 0.15) is 5.65 Å². The van der Waals surface area contributed by atoms with Gasteiger partial charge >= 0.3 is 0 Å². The van der Waals surface area contributed by atoms with Crippen molar-refractivity contribution in [1.82, 2.24) is 9.97 Å². The number of rotatable bonds is 0. The Morgan fingerprint density at radius 1 is 1.12 bits per heavy atom. The average Bonchev–Trinajstić information content (AvgIpc) is 2.23. The van der Waals surface area contributed by atoms with Gasteiger partial charge in [0.2, 0.25) is 5.43 Å². The van der Waals surface area contributed by atoms with Gasteiger partial charge in [-0.2, -0.15) is 0 Å². The first-order chi connectivity index (χ1) is 7.43. The highest BCUT2D eigenvalue weighted by Gasteiger charge is 2.12. The van der Waals surface area contributed by atoms with Gasteiger partial charge in [-0.25, -0.2) is 4.98 Å². The van der Waals surface area contributed by atoms with Crippen LogP contribution in [0.4, 0.5) is 0 Å². The lowest BCUT2D eigenvalue weighted by atomic mass is 10.0. The van der Waals surface area contributed by atoms with Crippen LogP contribution in [0.2, 0.25) is 0 Å². The van der Waals surface area contributed by atoms with Crippen LogP contribution in [0.25, 0.3) is 11.0 Å². The molecule has 2 aromatic heterocycles. The molecule has 0 amide bonds. The lowest BCUT2D eigenvalue weighted by molar-refractivity contribution is 1.10. The topological polar surface area (TPSA) is 45.8 Å². The normalized spacial score (nSPS) is 11.1. The Labute approximate surface area is 102 Å². The highest BCUT2D eigenvalue weighted by Crippen LogP contribution is 2.20. The van der Waals surface area contributed by atoms with Crippen molar-refractivity contribution in [1.29, 1.82) is 0 Å². The number of aromatic nitrogens is 2. The van der Waals surface area contributed by atoms with E-state index in [1.165, 1.54) is 0 Å². The van der Waals surface area contributed by atoms with Crippen molar-refractivity contribution in [3.05, 3.63) is 37.2 Å². The van der Waals surface area contributed by atoms with Crippen molar-refractivity contribution in [2.24, 2.45) is 0 Å². The summed E-state index contributed by atoms with van der Waals surface area (Å²) >= 11 is 3.31. The minimum Gasteiger partial charge on any atom is -0.342 e. The van der Waals surface area contributed by atoms with Gasteiger partial charge in [-0.15, -0.1) is 0 Å². The summed E-state index contributed by atoms with van der Waals surface area (Å²) in [4.78, 5) is 19.7. The molecule has 0 saturated heterocycles. The lowest BCUT2D eigenvalue weighted by Gasteiger charge is -2.09. The first-order valence-electron chi connectivity index (χ1n) is 5.09. The number of aromatic amines is 1. The molecule has 4 heteroatoms. The number of fused-ring (bicyclic) bond motifs is 1. The van der Waals surface area contributed by atoms with Crippen LogP contribution in [0, 0.1) is 27.7 Å². The van der Waals surface area contributed by atoms with Crippen LogP contribution >= 0.6 is 15.9 Å². The number of aryl methyl sites for hydroxylation is 3. The number of nitrogens with one attached hydrogen (secondary N) is 1. The van der Waals surface area contributed by atoms with Crippen LogP contribution in [0.15, 0.2) is 9.27 Å². The molecule has 0 unspecified atom stereocenters. The average molecular weight is 281 g/mol. The summed E-state index contributed by atoms with van der Waals surface area (Å²) in [6.45, 7) is 7.77. The van der Waals surface area contributed by atoms with E-state index in [2.05, 4.69) is 25.9 Å². The number of hydrogen-bond acceptors (Lipinski definition) is 2. The zero-order valence-electron chi connectivity index (χ0n) is 9.73. The predicted molar refractivity (Wildman–Crippen MR) is 69.0 cm³/mol. The fraction of sp³-hybridized carbons (Fsp3) is 0.333. The highest BCUT2D eigenvalue weighted by molar-refractivity contribution is 9.10. The SMILES string of the molecule is Cc1nc2[nH]c(C)c(Br)c(=O)c2c(C)c1C. The van der Waals surface area contributed by atoms with Gasteiger partial charge in [0.05, 0.1) is 9.86 Å². The Bertz CT molecular complexity index is 638. The molecule has 0 aliphatic carbocycles. The molecule has 0 fully saturated rings. The Morgan fingerprint density at radius 2 is 1.75 bits per heavy atom. The Hall–Kier alpha value is -1.16. The molecule has 0 spiro atoms. The third-order valence-electron chi connectivity index (χ3n) is 3.06. The summed E-state index contributed by atoms with van der Waals surface area (Å²) < 4.78 is 0.591. The third kappa shape index (κ3) is 1.48. The molecule has 2 rings (SSSR count). The second-order valence-corrected chi connectivity index (χ2v) is 4.86. The molecule has 84 valence electrons. The second-order valence-electron chi connectivity index (χ2n) is 4.06. The molecule has 3 nitrogen and oxygen atoms in total. The van der Waals surface area contributed by atoms with Gasteiger partial charge in [0.15, 0.2) is 0 Å². The van der Waals surface area contributed by atoms with Crippen LogP contribution in [-0.2, 0) is 0 Å². The largest absolute Gasteiger partial charge is 0.342 e. The van der Waals surface area contributed by atoms with E-state index in [0.29, 0.717) is 15.5 Å². The summed E-state index contributed by atoms with van der Waals surface area (Å²) in [5.74, 6) is 0. The van der Waals surface area contributed by atoms with Crippen LogP contribution in [0.1, 0.15) is 22.5 Å². The molecule has 2 aromatic rings. The third-order valence-corrected chi connectivity index (χ3v) is 4.01. The number of halogens is 1. The fourth-order valence-electron chi connectivity index (χ4n) is 1.82. The monoisotopic (exact) mass is 280 g/mol. The summed E-state index contributed by atoms with van der Waals surface area (Å²) in [5, 5.41) is 0.681. The van der Waals surface area contributed by atoms with E-state index in [-0.39, 0.29) is 5.43 Å². The predicted octanol–water partition coefficient (Wildman–Crippen LogP) is 2.92. The van der Waals surface area contributed by atoms with Crippen LogP contribution in [0.3, 0.4) is 0 Å². The van der Waals surface area contributed by atoms with E-state index < -0.39 is 0 Å². The van der Waals surface area contributed by atoms with Gasteiger partial charge in [-0.1, -0.05) is 0 Å². The summed E-state index contributed by atoms with van der Waals surface area (Å²) in [6, 6.07) is 0. The van der Waals surface area contributed by atoms with Crippen LogP contribution < -0.4 is 5.43 Å². The number of hydrogen-bond donors (Lipinski definition) is 1. The molecular weight excluding hydrogens is 268 g/mol. The molecule has 0 atom stereocenters. The number of pyridine rings is 2. The molecule has 2 heterocycles. The zero-order chi connectivity index (χ0) is 12.0. The molecule has 0 radical (unpaired) electrons. The van der Waals surface area contributed by atoms with E-state index in [9.17, 15) is 4.79 Å². The quantitative estimate of drug-likeness (QED) is 0.807. The molecule has 0 saturated carbocycles. The molecule has 0 aromatic carbocycles. The van der Waals surface area contributed by atoms with Crippen LogP contribution in [0.5, 0.6) is 0 Å². The van der Waals surface area contributed by atoms with Gasteiger partial charge in [0, 0.05) is 11.4 Å². The summed E-state index contributed by atoms with van der Waals surface area (Å²) in [7, 11) is 0. The maximum absolute atomic E-state index is 12.1. The molecule has 1 N–H and O–H groups in total. The summed E-state index contributed by atoms with van der Waals surface area (Å²) in [5.41, 5.74) is 4.54. The standard InChI is InChI=1S/C12H13BrN2O/c1-5-6(2)9-11(16)10(13)8(4)15-12(9)14-7(5)3/h1-4H3,(H,14,15,16). The lowest BCUT2D eigenvalue weighted by Crippen LogP contribution is -2.11. The zero-order valence-corrected chi connectivity index (χ0v) is 11.3. The van der Waals surface area contributed by atoms with E-state index in [4.69, 9.17) is 0 Å². The summed E-state index contributed by atoms with van der Waals surface area (Å²) in [6.07, 6.45) is 0. The minimum absolute atomic E-state index is 0.0133. The number of nitrogens with zero attached hydrogens (tertiary/aromatic N) is 1. The Morgan fingerprint density at radius 3 is 2.38 bits per heavy atom. The van der Waals surface area contributed by atoms with E-state index in [1.807, 2.05) is 27.7 Å². The van der Waals surface area contributed by atoms with E-state index >= 15 is 0 Å². The van der Waals surface area contributed by atoms with Crippen molar-refractivity contribution in [2.75, 3.05) is 0 Å². The first-order valence-corrected chi connectivity index (χ1v) is 5.88. The molecular formula is C12H13BrN2O. The van der Waals surface area contributed by atoms with Crippen molar-refractivity contribution in [3.63, 3.8) is 0 Å². The minimum atomic E-state index is 0.0133. The maximum Gasteiger partial charge on any atom is 0.205 e. The van der Waals surface area contributed by atoms with Gasteiger partial charge in [0.25, 0.3) is 0 Å².